The molecule has 0 N–H and O–H groups in total. The maximum atomic E-state index is 12.7. The number of nitrogens with zero attached hydrogens (tertiary/aromatic N) is 2. The van der Waals surface area contributed by atoms with Crippen molar-refractivity contribution in [2.75, 3.05) is 0 Å². The zero-order chi connectivity index (χ0) is 15.7. The highest BCUT2D eigenvalue weighted by atomic mass is 19.4. The lowest BCUT2D eigenvalue weighted by molar-refractivity contribution is -0.137. The van der Waals surface area contributed by atoms with Crippen LogP contribution in [0.25, 0.3) is 10.8 Å². The molecule has 0 aliphatic heterocycles. The Labute approximate surface area is 124 Å². The molecule has 3 rings (SSSR count). The average Bonchev–Trinajstić information content (AvgIpc) is 2.48. The zero-order valence-electron chi connectivity index (χ0n) is 11.6. The number of aryl methyl sites for hydroxylation is 1. The number of aromatic nitrogens is 2. The number of hydrogen-bond acceptors (Lipinski definition) is 3. The SMILES string of the molecule is Cc1cc(C(F)(F)F)ccc1Oc1nncc2ccccc12. The predicted octanol–water partition coefficient (Wildman–Crippen LogP) is 4.75. The Morgan fingerprint density at radius 3 is 2.55 bits per heavy atom. The van der Waals surface area contributed by atoms with Crippen LogP contribution in [0.15, 0.2) is 48.7 Å². The molecular formula is C16H11F3N2O. The number of fused-ring (bicyclic) bond motifs is 1. The van der Waals surface area contributed by atoms with Crippen molar-refractivity contribution in [2.24, 2.45) is 0 Å². The Balaban J connectivity index is 1.99. The van der Waals surface area contributed by atoms with Gasteiger partial charge in [-0.2, -0.15) is 18.3 Å². The molecule has 2 aromatic carbocycles. The summed E-state index contributed by atoms with van der Waals surface area (Å²) in [5, 5.41) is 9.35. The Morgan fingerprint density at radius 2 is 1.82 bits per heavy atom. The van der Waals surface area contributed by atoms with Crippen molar-refractivity contribution >= 4 is 10.8 Å². The third kappa shape index (κ3) is 2.72. The van der Waals surface area contributed by atoms with Gasteiger partial charge in [0, 0.05) is 10.8 Å². The van der Waals surface area contributed by atoms with Crippen LogP contribution < -0.4 is 4.74 Å². The first-order valence-corrected chi connectivity index (χ1v) is 6.51. The van der Waals surface area contributed by atoms with E-state index in [1.165, 1.54) is 6.07 Å². The highest BCUT2D eigenvalue weighted by molar-refractivity contribution is 5.86. The first-order chi connectivity index (χ1) is 10.4. The van der Waals surface area contributed by atoms with Gasteiger partial charge >= 0.3 is 6.18 Å². The van der Waals surface area contributed by atoms with E-state index in [1.807, 2.05) is 24.3 Å². The van der Waals surface area contributed by atoms with Gasteiger partial charge in [-0.05, 0) is 36.8 Å². The molecule has 0 aliphatic carbocycles. The van der Waals surface area contributed by atoms with E-state index < -0.39 is 11.7 Å². The third-order valence-corrected chi connectivity index (χ3v) is 3.25. The summed E-state index contributed by atoms with van der Waals surface area (Å²) in [7, 11) is 0. The molecule has 3 aromatic rings. The molecule has 0 saturated carbocycles. The number of hydrogen-bond donors (Lipinski definition) is 0. The molecule has 112 valence electrons. The molecule has 22 heavy (non-hydrogen) atoms. The first kappa shape index (κ1) is 14.3. The van der Waals surface area contributed by atoms with Crippen molar-refractivity contribution in [3.63, 3.8) is 0 Å². The molecule has 0 aliphatic rings. The second kappa shape index (κ2) is 5.29. The highest BCUT2D eigenvalue weighted by Crippen LogP contribution is 2.34. The van der Waals surface area contributed by atoms with Gasteiger partial charge in [0.15, 0.2) is 0 Å². The number of rotatable bonds is 2. The second-order valence-corrected chi connectivity index (χ2v) is 4.82. The quantitative estimate of drug-likeness (QED) is 0.685. The Hall–Kier alpha value is -2.63. The minimum Gasteiger partial charge on any atom is -0.437 e. The van der Waals surface area contributed by atoms with Gasteiger partial charge in [0.2, 0.25) is 5.88 Å². The van der Waals surface area contributed by atoms with E-state index in [4.69, 9.17) is 4.74 Å². The van der Waals surface area contributed by atoms with Crippen LogP contribution in [0, 0.1) is 6.92 Å². The van der Waals surface area contributed by atoms with E-state index in [1.54, 1.807) is 13.1 Å². The van der Waals surface area contributed by atoms with Crippen molar-refractivity contribution in [3.05, 3.63) is 59.8 Å². The van der Waals surface area contributed by atoms with Crippen LogP contribution in [0.2, 0.25) is 0 Å². The maximum absolute atomic E-state index is 12.7. The smallest absolute Gasteiger partial charge is 0.416 e. The highest BCUT2D eigenvalue weighted by Gasteiger charge is 2.30. The summed E-state index contributed by atoms with van der Waals surface area (Å²) in [6.45, 7) is 1.56. The lowest BCUT2D eigenvalue weighted by Gasteiger charge is -2.12. The molecule has 1 heterocycles. The van der Waals surface area contributed by atoms with Gasteiger partial charge in [-0.15, -0.1) is 5.10 Å². The molecule has 3 nitrogen and oxygen atoms in total. The van der Waals surface area contributed by atoms with Crippen LogP contribution in [-0.2, 0) is 6.18 Å². The summed E-state index contributed by atoms with van der Waals surface area (Å²) in [4.78, 5) is 0. The van der Waals surface area contributed by atoms with Gasteiger partial charge in [-0.25, -0.2) is 0 Å². The van der Waals surface area contributed by atoms with Crippen LogP contribution in [0.4, 0.5) is 13.2 Å². The van der Waals surface area contributed by atoms with Crippen LogP contribution in [0.5, 0.6) is 11.6 Å². The van der Waals surface area contributed by atoms with Crippen LogP contribution >= 0.6 is 0 Å². The minimum atomic E-state index is -4.37. The Morgan fingerprint density at radius 1 is 1.05 bits per heavy atom. The number of benzene rings is 2. The summed E-state index contributed by atoms with van der Waals surface area (Å²) < 4.78 is 43.7. The standard InChI is InChI=1S/C16H11F3N2O/c1-10-8-12(16(17,18)19)6-7-14(10)22-15-13-5-3-2-4-11(13)9-20-21-15/h2-9H,1H3. The molecule has 0 saturated heterocycles. The molecule has 1 aromatic heterocycles. The normalized spacial score (nSPS) is 11.6. The third-order valence-electron chi connectivity index (χ3n) is 3.25. The van der Waals surface area contributed by atoms with Gasteiger partial charge in [0.25, 0.3) is 0 Å². The van der Waals surface area contributed by atoms with Crippen LogP contribution in [0.1, 0.15) is 11.1 Å². The van der Waals surface area contributed by atoms with E-state index in [9.17, 15) is 13.2 Å². The lowest BCUT2D eigenvalue weighted by Crippen LogP contribution is -2.05. The van der Waals surface area contributed by atoms with Crippen LogP contribution in [0.3, 0.4) is 0 Å². The van der Waals surface area contributed by atoms with Gasteiger partial charge < -0.3 is 4.74 Å². The summed E-state index contributed by atoms with van der Waals surface area (Å²) in [6, 6.07) is 10.7. The molecule has 0 unspecified atom stereocenters. The number of halogens is 3. The summed E-state index contributed by atoms with van der Waals surface area (Å²) in [5.41, 5.74) is -0.328. The van der Waals surface area contributed by atoms with Crippen molar-refractivity contribution in [3.8, 4) is 11.6 Å². The van der Waals surface area contributed by atoms with Gasteiger partial charge in [-0.1, -0.05) is 18.2 Å². The fourth-order valence-electron chi connectivity index (χ4n) is 2.12. The van der Waals surface area contributed by atoms with Crippen molar-refractivity contribution in [2.45, 2.75) is 13.1 Å². The molecule has 0 radical (unpaired) electrons. The van der Waals surface area contributed by atoms with Crippen molar-refractivity contribution < 1.29 is 17.9 Å². The first-order valence-electron chi connectivity index (χ1n) is 6.51. The van der Waals surface area contributed by atoms with Crippen LogP contribution in [-0.4, -0.2) is 10.2 Å². The van der Waals surface area contributed by atoms with Crippen molar-refractivity contribution in [1.82, 2.24) is 10.2 Å². The molecule has 0 amide bonds. The molecule has 0 fully saturated rings. The van der Waals surface area contributed by atoms with Gasteiger partial charge in [-0.3, -0.25) is 0 Å². The topological polar surface area (TPSA) is 35.0 Å². The fraction of sp³-hybridized carbons (Fsp3) is 0.125. The molecule has 6 heteroatoms. The number of ether oxygens (including phenoxy) is 1. The number of alkyl halides is 3. The van der Waals surface area contributed by atoms with E-state index in [0.29, 0.717) is 11.3 Å². The lowest BCUT2D eigenvalue weighted by atomic mass is 10.1. The predicted molar refractivity (Wildman–Crippen MR) is 75.8 cm³/mol. The van der Waals surface area contributed by atoms with E-state index in [2.05, 4.69) is 10.2 Å². The second-order valence-electron chi connectivity index (χ2n) is 4.82. The van der Waals surface area contributed by atoms with Gasteiger partial charge in [0.1, 0.15) is 5.75 Å². The fourth-order valence-corrected chi connectivity index (χ4v) is 2.12. The summed E-state index contributed by atoms with van der Waals surface area (Å²) in [5.74, 6) is 0.583. The monoisotopic (exact) mass is 304 g/mol. The zero-order valence-corrected chi connectivity index (χ0v) is 11.6. The molecule has 0 atom stereocenters. The summed E-state index contributed by atoms with van der Waals surface area (Å²) >= 11 is 0. The van der Waals surface area contributed by atoms with E-state index >= 15 is 0 Å². The Bertz CT molecular complexity index is 826. The molecule has 0 bridgehead atoms. The van der Waals surface area contributed by atoms with Gasteiger partial charge in [0.05, 0.1) is 11.8 Å². The van der Waals surface area contributed by atoms with E-state index in [0.717, 1.165) is 22.9 Å². The molecular weight excluding hydrogens is 293 g/mol. The average molecular weight is 304 g/mol. The van der Waals surface area contributed by atoms with E-state index in [-0.39, 0.29) is 5.88 Å². The largest absolute Gasteiger partial charge is 0.437 e. The molecule has 0 spiro atoms. The minimum absolute atomic E-state index is 0.265. The van der Waals surface area contributed by atoms with Crippen molar-refractivity contribution in [1.29, 1.82) is 0 Å². The Kier molecular flexibility index (Phi) is 3.44. The summed E-state index contributed by atoms with van der Waals surface area (Å²) in [6.07, 6.45) is -2.77. The maximum Gasteiger partial charge on any atom is 0.416 e.